The maximum atomic E-state index is 12.6. The highest BCUT2D eigenvalue weighted by atomic mass is 16.5. The molecule has 2 aromatic heterocycles. The molecule has 0 aliphatic heterocycles. The van der Waals surface area contributed by atoms with Gasteiger partial charge in [-0.1, -0.05) is 12.1 Å². The number of anilines is 1. The minimum atomic E-state index is -0.187. The summed E-state index contributed by atoms with van der Waals surface area (Å²) >= 11 is 0. The number of nitrogens with zero attached hydrogens (tertiary/aromatic N) is 2. The van der Waals surface area contributed by atoms with E-state index >= 15 is 0 Å². The van der Waals surface area contributed by atoms with E-state index in [1.54, 1.807) is 68.1 Å². The molecule has 0 atom stereocenters. The number of amides is 1. The number of nitrogens with one attached hydrogen (secondary N) is 1. The van der Waals surface area contributed by atoms with Crippen molar-refractivity contribution in [2.45, 2.75) is 0 Å². The summed E-state index contributed by atoms with van der Waals surface area (Å²) in [4.78, 5) is 33.3. The van der Waals surface area contributed by atoms with Crippen LogP contribution in [0.2, 0.25) is 0 Å². The molecule has 0 aliphatic carbocycles. The zero-order valence-corrected chi connectivity index (χ0v) is 13.9. The zero-order chi connectivity index (χ0) is 17.8. The van der Waals surface area contributed by atoms with Crippen LogP contribution in [0.3, 0.4) is 0 Å². The van der Waals surface area contributed by atoms with Crippen LogP contribution in [0.4, 0.5) is 5.69 Å². The van der Waals surface area contributed by atoms with Crippen molar-refractivity contribution in [3.05, 3.63) is 77.7 Å². The maximum Gasteiger partial charge on any atom is 0.258 e. The number of aromatic amines is 1. The van der Waals surface area contributed by atoms with E-state index in [-0.39, 0.29) is 11.7 Å². The van der Waals surface area contributed by atoms with E-state index in [1.807, 2.05) is 0 Å². The molecule has 0 radical (unpaired) electrons. The number of hydrogen-bond donors (Lipinski definition) is 1. The van der Waals surface area contributed by atoms with Crippen LogP contribution < -0.4 is 9.64 Å². The molecule has 6 nitrogen and oxygen atoms in total. The first-order valence-electron chi connectivity index (χ1n) is 7.66. The second kappa shape index (κ2) is 7.00. The average molecular weight is 335 g/mol. The minimum absolute atomic E-state index is 0.0899. The van der Waals surface area contributed by atoms with Gasteiger partial charge >= 0.3 is 0 Å². The van der Waals surface area contributed by atoms with Crippen LogP contribution in [-0.4, -0.2) is 35.8 Å². The van der Waals surface area contributed by atoms with Gasteiger partial charge in [0.15, 0.2) is 5.78 Å². The van der Waals surface area contributed by atoms with Crippen LogP contribution in [0.5, 0.6) is 5.88 Å². The summed E-state index contributed by atoms with van der Waals surface area (Å²) < 4.78 is 5.01. The number of rotatable bonds is 5. The highest BCUT2D eigenvalue weighted by Gasteiger charge is 2.15. The predicted octanol–water partition coefficient (Wildman–Crippen LogP) is 2.93. The summed E-state index contributed by atoms with van der Waals surface area (Å²) in [6.45, 7) is 0. The fourth-order valence-electron chi connectivity index (χ4n) is 2.40. The smallest absolute Gasteiger partial charge is 0.258 e. The van der Waals surface area contributed by atoms with Gasteiger partial charge in [0.1, 0.15) is 0 Å². The van der Waals surface area contributed by atoms with Crippen molar-refractivity contribution in [3.63, 3.8) is 0 Å². The fraction of sp³-hybridized carbons (Fsp3) is 0.105. The number of aromatic nitrogens is 2. The van der Waals surface area contributed by atoms with Crippen molar-refractivity contribution < 1.29 is 14.3 Å². The molecule has 0 unspecified atom stereocenters. The number of ketones is 1. The second-order valence-electron chi connectivity index (χ2n) is 5.43. The lowest BCUT2D eigenvalue weighted by atomic mass is 10.0. The van der Waals surface area contributed by atoms with E-state index in [0.29, 0.717) is 28.3 Å². The molecule has 126 valence electrons. The SMILES string of the molecule is COc1ccc(N(C)C(=O)c2ccc(C(=O)c3cc[nH]c3)cc2)cn1. The first-order valence-corrected chi connectivity index (χ1v) is 7.66. The molecule has 0 saturated carbocycles. The van der Waals surface area contributed by atoms with Gasteiger partial charge in [0, 0.05) is 42.2 Å². The maximum absolute atomic E-state index is 12.6. The molecule has 25 heavy (non-hydrogen) atoms. The highest BCUT2D eigenvalue weighted by molar-refractivity contribution is 6.10. The van der Waals surface area contributed by atoms with Gasteiger partial charge in [0.25, 0.3) is 5.91 Å². The van der Waals surface area contributed by atoms with Crippen LogP contribution in [0.25, 0.3) is 0 Å². The number of carbonyl (C=O) groups is 2. The van der Waals surface area contributed by atoms with Gasteiger partial charge in [-0.05, 0) is 24.3 Å². The first kappa shape index (κ1) is 16.4. The molecular formula is C19H17N3O3. The molecule has 0 bridgehead atoms. The Labute approximate surface area is 145 Å². The van der Waals surface area contributed by atoms with E-state index in [4.69, 9.17) is 4.74 Å². The third-order valence-corrected chi connectivity index (χ3v) is 3.88. The van der Waals surface area contributed by atoms with Crippen molar-refractivity contribution in [1.29, 1.82) is 0 Å². The number of ether oxygens (including phenoxy) is 1. The lowest BCUT2D eigenvalue weighted by Gasteiger charge is -2.17. The van der Waals surface area contributed by atoms with Gasteiger partial charge in [-0.15, -0.1) is 0 Å². The molecule has 1 N–H and O–H groups in total. The Morgan fingerprint density at radius 2 is 1.72 bits per heavy atom. The quantitative estimate of drug-likeness (QED) is 0.728. The van der Waals surface area contributed by atoms with Gasteiger partial charge in [-0.3, -0.25) is 9.59 Å². The van der Waals surface area contributed by atoms with Crippen molar-refractivity contribution in [1.82, 2.24) is 9.97 Å². The molecule has 0 fully saturated rings. The summed E-state index contributed by atoms with van der Waals surface area (Å²) in [7, 11) is 3.21. The number of pyridine rings is 1. The number of benzene rings is 1. The van der Waals surface area contributed by atoms with E-state index in [0.717, 1.165) is 0 Å². The molecule has 3 aromatic rings. The Kier molecular flexibility index (Phi) is 4.61. The number of methoxy groups -OCH3 is 1. The molecule has 0 spiro atoms. The molecular weight excluding hydrogens is 318 g/mol. The van der Waals surface area contributed by atoms with E-state index < -0.39 is 0 Å². The third-order valence-electron chi connectivity index (χ3n) is 3.88. The van der Waals surface area contributed by atoms with E-state index in [1.165, 1.54) is 12.0 Å². The summed E-state index contributed by atoms with van der Waals surface area (Å²) in [5.41, 5.74) is 2.26. The molecule has 6 heteroatoms. The molecule has 1 aromatic carbocycles. The Balaban J connectivity index is 1.76. The topological polar surface area (TPSA) is 75.3 Å². The summed E-state index contributed by atoms with van der Waals surface area (Å²) in [6, 6.07) is 11.8. The molecule has 0 saturated heterocycles. The van der Waals surface area contributed by atoms with E-state index in [2.05, 4.69) is 9.97 Å². The monoisotopic (exact) mass is 335 g/mol. The standard InChI is InChI=1S/C19H17N3O3/c1-22(16-7-8-17(25-2)21-12-16)19(24)14-5-3-13(4-6-14)18(23)15-9-10-20-11-15/h3-12,20H,1-2H3. The predicted molar refractivity (Wildman–Crippen MR) is 94.2 cm³/mol. The van der Waals surface area contributed by atoms with Crippen LogP contribution in [-0.2, 0) is 0 Å². The van der Waals surface area contributed by atoms with Crippen LogP contribution in [0, 0.1) is 0 Å². The average Bonchev–Trinajstić information content (AvgIpc) is 3.21. The summed E-state index contributed by atoms with van der Waals surface area (Å²) in [5.74, 6) is 0.206. The molecule has 0 aliphatic rings. The van der Waals surface area contributed by atoms with Crippen molar-refractivity contribution in [2.24, 2.45) is 0 Å². The lowest BCUT2D eigenvalue weighted by Crippen LogP contribution is -2.26. The van der Waals surface area contributed by atoms with Crippen LogP contribution in [0.1, 0.15) is 26.3 Å². The lowest BCUT2D eigenvalue weighted by molar-refractivity contribution is 0.0990. The third kappa shape index (κ3) is 3.42. The Hall–Kier alpha value is -3.41. The number of H-pyrrole nitrogens is 1. The largest absolute Gasteiger partial charge is 0.481 e. The van der Waals surface area contributed by atoms with Crippen LogP contribution in [0.15, 0.2) is 61.1 Å². The van der Waals surface area contributed by atoms with Crippen molar-refractivity contribution in [3.8, 4) is 5.88 Å². The Morgan fingerprint density at radius 1 is 1.00 bits per heavy atom. The van der Waals surface area contributed by atoms with E-state index in [9.17, 15) is 9.59 Å². The summed E-state index contributed by atoms with van der Waals surface area (Å²) in [5, 5.41) is 0. The van der Waals surface area contributed by atoms with Crippen molar-refractivity contribution in [2.75, 3.05) is 19.1 Å². The highest BCUT2D eigenvalue weighted by Crippen LogP contribution is 2.18. The van der Waals surface area contributed by atoms with Gasteiger partial charge in [-0.25, -0.2) is 4.98 Å². The zero-order valence-electron chi connectivity index (χ0n) is 13.9. The molecule has 1 amide bonds. The molecule has 2 heterocycles. The molecule has 3 rings (SSSR count). The normalized spacial score (nSPS) is 10.3. The summed E-state index contributed by atoms with van der Waals surface area (Å²) in [6.07, 6.45) is 4.91. The Morgan fingerprint density at radius 3 is 2.28 bits per heavy atom. The van der Waals surface area contributed by atoms with Gasteiger partial charge in [0.05, 0.1) is 19.0 Å². The number of hydrogen-bond acceptors (Lipinski definition) is 4. The first-order chi connectivity index (χ1) is 12.1. The Bertz CT molecular complexity index is 869. The second-order valence-corrected chi connectivity index (χ2v) is 5.43. The van der Waals surface area contributed by atoms with Gasteiger partial charge < -0.3 is 14.6 Å². The number of carbonyl (C=O) groups excluding carboxylic acids is 2. The van der Waals surface area contributed by atoms with Crippen LogP contribution >= 0.6 is 0 Å². The van der Waals surface area contributed by atoms with Gasteiger partial charge in [-0.2, -0.15) is 0 Å². The minimum Gasteiger partial charge on any atom is -0.481 e. The fourth-order valence-corrected chi connectivity index (χ4v) is 2.40. The van der Waals surface area contributed by atoms with Crippen molar-refractivity contribution >= 4 is 17.4 Å². The van der Waals surface area contributed by atoms with Gasteiger partial charge in [0.2, 0.25) is 5.88 Å².